The average molecular weight is 238 g/mol. The van der Waals surface area contributed by atoms with Gasteiger partial charge >= 0.3 is 6.03 Å². The third-order valence-electron chi connectivity index (χ3n) is 4.57. The summed E-state index contributed by atoms with van der Waals surface area (Å²) < 4.78 is 0. The van der Waals surface area contributed by atoms with E-state index in [4.69, 9.17) is 0 Å². The fraction of sp³-hybridized carbons (Fsp3) is 0.929. The quantitative estimate of drug-likeness (QED) is 0.787. The zero-order valence-corrected chi connectivity index (χ0v) is 11.2. The third-order valence-corrected chi connectivity index (χ3v) is 4.57. The van der Waals surface area contributed by atoms with E-state index in [9.17, 15) is 4.79 Å². The number of nitrogens with zero attached hydrogens (tertiary/aromatic N) is 1. The Morgan fingerprint density at radius 2 is 1.65 bits per heavy atom. The molecule has 3 nitrogen and oxygen atoms in total. The molecule has 0 bridgehead atoms. The van der Waals surface area contributed by atoms with Crippen molar-refractivity contribution in [3.8, 4) is 0 Å². The molecule has 2 amide bonds. The van der Waals surface area contributed by atoms with Gasteiger partial charge in [0.15, 0.2) is 0 Å². The summed E-state index contributed by atoms with van der Waals surface area (Å²) in [7, 11) is 1.97. The second kappa shape index (κ2) is 5.74. The lowest BCUT2D eigenvalue weighted by Crippen LogP contribution is -2.49. The van der Waals surface area contributed by atoms with Crippen LogP contribution in [0.2, 0.25) is 0 Å². The maximum absolute atomic E-state index is 12.2. The maximum Gasteiger partial charge on any atom is 0.317 e. The molecule has 2 unspecified atom stereocenters. The van der Waals surface area contributed by atoms with Gasteiger partial charge in [0.2, 0.25) is 0 Å². The topological polar surface area (TPSA) is 32.3 Å². The van der Waals surface area contributed by atoms with Crippen molar-refractivity contribution >= 4 is 6.03 Å². The van der Waals surface area contributed by atoms with E-state index in [-0.39, 0.29) is 6.03 Å². The summed E-state index contributed by atoms with van der Waals surface area (Å²) >= 11 is 0. The van der Waals surface area contributed by atoms with Crippen molar-refractivity contribution in [1.82, 2.24) is 10.2 Å². The molecule has 0 aliphatic heterocycles. The van der Waals surface area contributed by atoms with E-state index in [1.165, 1.54) is 51.4 Å². The van der Waals surface area contributed by atoms with Crippen molar-refractivity contribution < 1.29 is 4.79 Å². The number of nitrogens with one attached hydrogen (secondary N) is 1. The predicted molar refractivity (Wildman–Crippen MR) is 70.0 cm³/mol. The Kier molecular flexibility index (Phi) is 4.30. The van der Waals surface area contributed by atoms with Gasteiger partial charge in [0.05, 0.1) is 0 Å². The van der Waals surface area contributed by atoms with E-state index in [0.29, 0.717) is 18.0 Å². The van der Waals surface area contributed by atoms with Crippen LogP contribution in [0.25, 0.3) is 0 Å². The third kappa shape index (κ3) is 3.14. The van der Waals surface area contributed by atoms with Crippen molar-refractivity contribution in [2.24, 2.45) is 5.92 Å². The maximum atomic E-state index is 12.2. The van der Waals surface area contributed by atoms with Crippen molar-refractivity contribution in [3.05, 3.63) is 0 Å². The van der Waals surface area contributed by atoms with E-state index < -0.39 is 0 Å². The first-order chi connectivity index (χ1) is 8.18. The molecule has 2 rings (SSSR count). The molecule has 0 spiro atoms. The zero-order valence-electron chi connectivity index (χ0n) is 11.2. The van der Waals surface area contributed by atoms with Gasteiger partial charge in [-0.25, -0.2) is 4.79 Å². The molecule has 2 saturated carbocycles. The number of amides is 2. The molecule has 0 aromatic rings. The zero-order chi connectivity index (χ0) is 12.3. The number of hydrogen-bond acceptors (Lipinski definition) is 1. The van der Waals surface area contributed by atoms with E-state index in [2.05, 4.69) is 12.2 Å². The van der Waals surface area contributed by atoms with Gasteiger partial charge in [-0.3, -0.25) is 0 Å². The van der Waals surface area contributed by atoms with Crippen LogP contribution in [0, 0.1) is 5.92 Å². The molecule has 0 radical (unpaired) electrons. The van der Waals surface area contributed by atoms with Crippen LogP contribution in [0.15, 0.2) is 0 Å². The molecule has 3 heteroatoms. The SMILES string of the molecule is CC1CCCCC1N(C)C(=O)NC1CCCC1. The Balaban J connectivity index is 1.84. The Morgan fingerprint density at radius 3 is 2.29 bits per heavy atom. The van der Waals surface area contributed by atoms with Crippen molar-refractivity contribution in [2.45, 2.75) is 70.4 Å². The molecule has 0 saturated heterocycles. The fourth-order valence-electron chi connectivity index (χ4n) is 3.37. The van der Waals surface area contributed by atoms with Crippen LogP contribution in [0.4, 0.5) is 4.79 Å². The Bertz CT molecular complexity index is 261. The number of carbonyl (C=O) groups excluding carboxylic acids is 1. The molecule has 17 heavy (non-hydrogen) atoms. The normalized spacial score (nSPS) is 30.2. The molecule has 0 heterocycles. The van der Waals surface area contributed by atoms with Gasteiger partial charge in [0.25, 0.3) is 0 Å². The van der Waals surface area contributed by atoms with Crippen LogP contribution in [0.3, 0.4) is 0 Å². The van der Waals surface area contributed by atoms with Crippen molar-refractivity contribution in [3.63, 3.8) is 0 Å². The summed E-state index contributed by atoms with van der Waals surface area (Å²) in [6.45, 7) is 2.28. The van der Waals surface area contributed by atoms with Crippen LogP contribution in [-0.4, -0.2) is 30.1 Å². The second-order valence-electron chi connectivity index (χ2n) is 5.87. The summed E-state index contributed by atoms with van der Waals surface area (Å²) in [6.07, 6.45) is 9.93. The molecular weight excluding hydrogens is 212 g/mol. The molecule has 0 aromatic carbocycles. The lowest BCUT2D eigenvalue weighted by Gasteiger charge is -2.36. The fourth-order valence-corrected chi connectivity index (χ4v) is 3.37. The first-order valence-electron chi connectivity index (χ1n) is 7.22. The predicted octanol–water partition coefficient (Wildman–Crippen LogP) is 3.15. The molecule has 2 atom stereocenters. The van der Waals surface area contributed by atoms with Gasteiger partial charge in [-0.05, 0) is 31.6 Å². The van der Waals surface area contributed by atoms with Crippen LogP contribution in [-0.2, 0) is 0 Å². The number of urea groups is 1. The monoisotopic (exact) mass is 238 g/mol. The molecular formula is C14H26N2O. The van der Waals surface area contributed by atoms with Crippen LogP contribution in [0.5, 0.6) is 0 Å². The Morgan fingerprint density at radius 1 is 1.06 bits per heavy atom. The summed E-state index contributed by atoms with van der Waals surface area (Å²) in [6, 6.07) is 1.03. The molecule has 98 valence electrons. The summed E-state index contributed by atoms with van der Waals surface area (Å²) in [5.74, 6) is 0.656. The molecule has 2 fully saturated rings. The lowest BCUT2D eigenvalue weighted by molar-refractivity contribution is 0.142. The number of rotatable bonds is 2. The first kappa shape index (κ1) is 12.7. The van der Waals surface area contributed by atoms with E-state index in [1.807, 2.05) is 11.9 Å². The minimum Gasteiger partial charge on any atom is -0.335 e. The van der Waals surface area contributed by atoms with Crippen LogP contribution < -0.4 is 5.32 Å². The van der Waals surface area contributed by atoms with Crippen LogP contribution in [0.1, 0.15) is 58.3 Å². The highest BCUT2D eigenvalue weighted by molar-refractivity contribution is 5.74. The van der Waals surface area contributed by atoms with Gasteiger partial charge in [-0.1, -0.05) is 32.6 Å². The number of carbonyl (C=O) groups is 1. The minimum absolute atomic E-state index is 0.149. The highest BCUT2D eigenvalue weighted by Crippen LogP contribution is 2.27. The average Bonchev–Trinajstić information content (AvgIpc) is 2.81. The molecule has 2 aliphatic carbocycles. The number of hydrogen-bond donors (Lipinski definition) is 1. The smallest absolute Gasteiger partial charge is 0.317 e. The summed E-state index contributed by atoms with van der Waals surface area (Å²) in [4.78, 5) is 14.1. The second-order valence-corrected chi connectivity index (χ2v) is 5.87. The standard InChI is InChI=1S/C14H26N2O/c1-11-7-3-6-10-13(11)16(2)14(17)15-12-8-4-5-9-12/h11-13H,3-10H2,1-2H3,(H,15,17). The highest BCUT2D eigenvalue weighted by Gasteiger charge is 2.29. The lowest BCUT2D eigenvalue weighted by atomic mass is 9.85. The van der Waals surface area contributed by atoms with Gasteiger partial charge in [-0.2, -0.15) is 0 Å². The van der Waals surface area contributed by atoms with Crippen LogP contribution >= 0.6 is 0 Å². The molecule has 2 aliphatic rings. The van der Waals surface area contributed by atoms with Gasteiger partial charge < -0.3 is 10.2 Å². The Hall–Kier alpha value is -0.730. The first-order valence-corrected chi connectivity index (χ1v) is 7.22. The van der Waals surface area contributed by atoms with E-state index in [1.54, 1.807) is 0 Å². The van der Waals surface area contributed by atoms with Crippen molar-refractivity contribution in [2.75, 3.05) is 7.05 Å². The molecule has 1 N–H and O–H groups in total. The Labute approximate surface area is 105 Å². The van der Waals surface area contributed by atoms with E-state index >= 15 is 0 Å². The minimum atomic E-state index is 0.149. The summed E-state index contributed by atoms with van der Waals surface area (Å²) in [5.41, 5.74) is 0. The van der Waals surface area contributed by atoms with Gasteiger partial charge in [0.1, 0.15) is 0 Å². The largest absolute Gasteiger partial charge is 0.335 e. The van der Waals surface area contributed by atoms with Crippen molar-refractivity contribution in [1.29, 1.82) is 0 Å². The highest BCUT2D eigenvalue weighted by atomic mass is 16.2. The van der Waals surface area contributed by atoms with Gasteiger partial charge in [0, 0.05) is 19.1 Å². The van der Waals surface area contributed by atoms with E-state index in [0.717, 1.165) is 0 Å². The van der Waals surface area contributed by atoms with Gasteiger partial charge in [-0.15, -0.1) is 0 Å². The summed E-state index contributed by atoms with van der Waals surface area (Å²) in [5, 5.41) is 3.18. The molecule has 0 aromatic heterocycles.